The van der Waals surface area contributed by atoms with Gasteiger partial charge in [0.25, 0.3) is 0 Å². The zero-order valence-corrected chi connectivity index (χ0v) is 10.8. The molecule has 0 bridgehead atoms. The lowest BCUT2D eigenvalue weighted by molar-refractivity contribution is -0.120. The number of amides is 1. The van der Waals surface area contributed by atoms with E-state index in [1.54, 1.807) is 6.21 Å². The molecule has 0 unspecified atom stereocenters. The third kappa shape index (κ3) is 4.39. The molecule has 0 aliphatic carbocycles. The smallest absolute Gasteiger partial charge is 0.244 e. The Balaban J connectivity index is 1.85. The van der Waals surface area contributed by atoms with Gasteiger partial charge in [0, 0.05) is 0 Å². The molecule has 96 valence electrons. The van der Waals surface area contributed by atoms with Crippen LogP contribution in [0.1, 0.15) is 16.7 Å². The minimum Gasteiger partial charge on any atom is -0.273 e. The molecule has 0 aliphatic heterocycles. The van der Waals surface area contributed by atoms with Crippen LogP contribution in [0.25, 0.3) is 0 Å². The van der Waals surface area contributed by atoms with E-state index in [0.29, 0.717) is 6.42 Å². The van der Waals surface area contributed by atoms with Gasteiger partial charge < -0.3 is 0 Å². The Hall–Kier alpha value is -2.42. The summed E-state index contributed by atoms with van der Waals surface area (Å²) in [6, 6.07) is 17.5. The number of carbonyl (C=O) groups is 1. The van der Waals surface area contributed by atoms with Crippen LogP contribution in [-0.2, 0) is 11.2 Å². The van der Waals surface area contributed by atoms with Crippen LogP contribution < -0.4 is 5.43 Å². The number of aryl methyl sites for hydroxylation is 1. The van der Waals surface area contributed by atoms with Crippen molar-refractivity contribution >= 4 is 12.1 Å². The Morgan fingerprint density at radius 2 is 1.79 bits per heavy atom. The second kappa shape index (κ2) is 6.50. The highest BCUT2D eigenvalue weighted by Crippen LogP contribution is 2.00. The van der Waals surface area contributed by atoms with Gasteiger partial charge in [-0.25, -0.2) is 5.43 Å². The molecule has 0 atom stereocenters. The fourth-order valence-corrected chi connectivity index (χ4v) is 1.65. The van der Waals surface area contributed by atoms with Crippen molar-refractivity contribution in [2.24, 2.45) is 5.10 Å². The monoisotopic (exact) mass is 252 g/mol. The van der Waals surface area contributed by atoms with Crippen LogP contribution in [0.3, 0.4) is 0 Å². The Morgan fingerprint density at radius 3 is 2.47 bits per heavy atom. The maximum absolute atomic E-state index is 11.6. The summed E-state index contributed by atoms with van der Waals surface area (Å²) in [7, 11) is 0. The molecule has 2 aromatic carbocycles. The fourth-order valence-electron chi connectivity index (χ4n) is 1.65. The van der Waals surface area contributed by atoms with Crippen molar-refractivity contribution in [1.82, 2.24) is 5.43 Å². The van der Waals surface area contributed by atoms with Gasteiger partial charge >= 0.3 is 0 Å². The Labute approximate surface area is 113 Å². The standard InChI is InChI=1S/C16H16N2O/c1-13-7-9-15(10-8-13)12-17-18-16(19)11-14-5-3-2-4-6-14/h2-10,12H,11H2,1H3,(H,18,19). The van der Waals surface area contributed by atoms with E-state index in [2.05, 4.69) is 10.5 Å². The number of hydrazone groups is 1. The van der Waals surface area contributed by atoms with E-state index in [1.807, 2.05) is 61.5 Å². The van der Waals surface area contributed by atoms with Gasteiger partial charge in [0.05, 0.1) is 12.6 Å². The number of hydrogen-bond acceptors (Lipinski definition) is 2. The normalized spacial score (nSPS) is 10.6. The molecule has 19 heavy (non-hydrogen) atoms. The Bertz CT molecular complexity index is 559. The first-order valence-electron chi connectivity index (χ1n) is 6.16. The highest BCUT2D eigenvalue weighted by Gasteiger charge is 2.00. The molecule has 0 saturated carbocycles. The zero-order chi connectivity index (χ0) is 13.5. The van der Waals surface area contributed by atoms with E-state index in [4.69, 9.17) is 0 Å². The first-order valence-corrected chi connectivity index (χ1v) is 6.16. The molecule has 0 aliphatic rings. The number of benzene rings is 2. The first-order chi connectivity index (χ1) is 9.24. The first kappa shape index (κ1) is 13.0. The van der Waals surface area contributed by atoms with Crippen LogP contribution in [0.4, 0.5) is 0 Å². The highest BCUT2D eigenvalue weighted by molar-refractivity contribution is 5.83. The van der Waals surface area contributed by atoms with Gasteiger partial charge in [-0.2, -0.15) is 5.10 Å². The van der Waals surface area contributed by atoms with Gasteiger partial charge in [0.1, 0.15) is 0 Å². The summed E-state index contributed by atoms with van der Waals surface area (Å²) < 4.78 is 0. The van der Waals surface area contributed by atoms with Crippen molar-refractivity contribution in [3.8, 4) is 0 Å². The van der Waals surface area contributed by atoms with Crippen molar-refractivity contribution in [3.05, 3.63) is 71.3 Å². The molecule has 2 rings (SSSR count). The minimum absolute atomic E-state index is 0.116. The van der Waals surface area contributed by atoms with Crippen LogP contribution in [0.15, 0.2) is 59.7 Å². The van der Waals surface area contributed by atoms with Gasteiger partial charge in [-0.1, -0.05) is 60.2 Å². The summed E-state index contributed by atoms with van der Waals surface area (Å²) in [6.07, 6.45) is 1.98. The van der Waals surface area contributed by atoms with E-state index in [9.17, 15) is 4.79 Å². The van der Waals surface area contributed by atoms with E-state index < -0.39 is 0 Å². The Kier molecular flexibility index (Phi) is 4.45. The maximum Gasteiger partial charge on any atom is 0.244 e. The third-order valence-corrected chi connectivity index (χ3v) is 2.69. The van der Waals surface area contributed by atoms with Crippen molar-refractivity contribution < 1.29 is 4.79 Å². The highest BCUT2D eigenvalue weighted by atomic mass is 16.2. The SMILES string of the molecule is Cc1ccc(C=NNC(=O)Cc2ccccc2)cc1. The van der Waals surface area contributed by atoms with Crippen LogP contribution in [-0.4, -0.2) is 12.1 Å². The fraction of sp³-hybridized carbons (Fsp3) is 0.125. The van der Waals surface area contributed by atoms with Gasteiger partial charge in [0.2, 0.25) is 5.91 Å². The molecule has 0 saturated heterocycles. The topological polar surface area (TPSA) is 41.5 Å². The molecule has 0 radical (unpaired) electrons. The number of rotatable bonds is 4. The molecule has 0 fully saturated rings. The summed E-state index contributed by atoms with van der Waals surface area (Å²) in [5.74, 6) is -0.116. The molecular formula is C16H16N2O. The molecule has 0 spiro atoms. The van der Waals surface area contributed by atoms with E-state index in [-0.39, 0.29) is 5.91 Å². The second-order valence-electron chi connectivity index (χ2n) is 4.37. The summed E-state index contributed by atoms with van der Waals surface area (Å²) in [5.41, 5.74) is 5.66. The molecule has 1 N–H and O–H groups in total. The van der Waals surface area contributed by atoms with Crippen molar-refractivity contribution in [1.29, 1.82) is 0 Å². The van der Waals surface area contributed by atoms with Gasteiger partial charge in [-0.3, -0.25) is 4.79 Å². The predicted molar refractivity (Wildman–Crippen MR) is 77.1 cm³/mol. The van der Waals surface area contributed by atoms with E-state index in [0.717, 1.165) is 11.1 Å². The van der Waals surface area contributed by atoms with Crippen LogP contribution in [0.5, 0.6) is 0 Å². The summed E-state index contributed by atoms with van der Waals surface area (Å²) in [6.45, 7) is 2.03. The summed E-state index contributed by atoms with van der Waals surface area (Å²) in [4.78, 5) is 11.6. The quantitative estimate of drug-likeness (QED) is 0.659. The summed E-state index contributed by atoms with van der Waals surface area (Å²) >= 11 is 0. The van der Waals surface area contributed by atoms with Gasteiger partial charge in [0.15, 0.2) is 0 Å². The van der Waals surface area contributed by atoms with Crippen LogP contribution >= 0.6 is 0 Å². The maximum atomic E-state index is 11.6. The molecule has 3 nitrogen and oxygen atoms in total. The number of carbonyl (C=O) groups excluding carboxylic acids is 1. The Morgan fingerprint density at radius 1 is 1.11 bits per heavy atom. The predicted octanol–water partition coefficient (Wildman–Crippen LogP) is 2.69. The van der Waals surface area contributed by atoms with Crippen molar-refractivity contribution in [3.63, 3.8) is 0 Å². The number of nitrogens with one attached hydrogen (secondary N) is 1. The van der Waals surface area contributed by atoms with Crippen molar-refractivity contribution in [2.75, 3.05) is 0 Å². The number of nitrogens with zero attached hydrogens (tertiary/aromatic N) is 1. The van der Waals surface area contributed by atoms with Crippen LogP contribution in [0.2, 0.25) is 0 Å². The molecule has 0 aromatic heterocycles. The average molecular weight is 252 g/mol. The second-order valence-corrected chi connectivity index (χ2v) is 4.37. The molecule has 2 aromatic rings. The molecule has 3 heteroatoms. The zero-order valence-electron chi connectivity index (χ0n) is 10.8. The van der Waals surface area contributed by atoms with Gasteiger partial charge in [-0.05, 0) is 18.1 Å². The average Bonchev–Trinajstić information content (AvgIpc) is 2.42. The lowest BCUT2D eigenvalue weighted by Crippen LogP contribution is -2.19. The van der Waals surface area contributed by atoms with Gasteiger partial charge in [-0.15, -0.1) is 0 Å². The largest absolute Gasteiger partial charge is 0.273 e. The lowest BCUT2D eigenvalue weighted by atomic mass is 10.1. The minimum atomic E-state index is -0.116. The molecule has 1 amide bonds. The summed E-state index contributed by atoms with van der Waals surface area (Å²) in [5, 5.41) is 3.94. The number of hydrogen-bond donors (Lipinski definition) is 1. The third-order valence-electron chi connectivity index (χ3n) is 2.69. The lowest BCUT2D eigenvalue weighted by Gasteiger charge is -2.00. The molecule has 0 heterocycles. The van der Waals surface area contributed by atoms with E-state index in [1.165, 1.54) is 5.56 Å². The molecular weight excluding hydrogens is 236 g/mol. The van der Waals surface area contributed by atoms with Crippen LogP contribution in [0, 0.1) is 6.92 Å². The van der Waals surface area contributed by atoms with E-state index >= 15 is 0 Å². The van der Waals surface area contributed by atoms with Crippen molar-refractivity contribution in [2.45, 2.75) is 13.3 Å².